The number of aliphatic carboxylic acids is 1. The summed E-state index contributed by atoms with van der Waals surface area (Å²) in [5, 5.41) is 20.2. The molecule has 2 N–H and O–H groups in total. The van der Waals surface area contributed by atoms with Crippen LogP contribution in [0.3, 0.4) is 0 Å². The molecule has 51 heavy (non-hydrogen) atoms. The molecule has 2 heterocycles. The molecule has 264 valence electrons. The van der Waals surface area contributed by atoms with Gasteiger partial charge in [0.2, 0.25) is 23.6 Å². The van der Waals surface area contributed by atoms with Crippen molar-refractivity contribution in [2.45, 2.75) is 49.9 Å². The Morgan fingerprint density at radius 1 is 0.961 bits per heavy atom. The number of likely N-dealkylation sites (tertiary alicyclic amines) is 1. The van der Waals surface area contributed by atoms with Gasteiger partial charge in [0.25, 0.3) is 0 Å². The summed E-state index contributed by atoms with van der Waals surface area (Å²) >= 11 is 9.85. The van der Waals surface area contributed by atoms with Gasteiger partial charge in [-0.1, -0.05) is 66.1 Å². The van der Waals surface area contributed by atoms with Gasteiger partial charge in [0.1, 0.15) is 0 Å². The molecule has 0 unspecified atom stereocenters. The van der Waals surface area contributed by atoms with E-state index in [1.807, 2.05) is 36.4 Å². The van der Waals surface area contributed by atoms with Crippen molar-refractivity contribution < 1.29 is 38.9 Å². The lowest BCUT2D eigenvalue weighted by Gasteiger charge is -2.50. The average molecular weight is 776 g/mol. The summed E-state index contributed by atoms with van der Waals surface area (Å²) in [6.45, 7) is 0.190. The Hall–Kier alpha value is -4.48. The molecule has 7 rings (SSSR count). The van der Waals surface area contributed by atoms with Crippen LogP contribution in [0.25, 0.3) is 0 Å². The van der Waals surface area contributed by atoms with Gasteiger partial charge in [0, 0.05) is 23.9 Å². The van der Waals surface area contributed by atoms with E-state index in [0.717, 1.165) is 5.57 Å². The number of methoxy groups -OCH3 is 1. The van der Waals surface area contributed by atoms with Crippen molar-refractivity contribution in [3.05, 3.63) is 99.0 Å². The minimum atomic E-state index is -1.47. The highest BCUT2D eigenvalue weighted by molar-refractivity contribution is 9.10. The largest absolute Gasteiger partial charge is 0.503 e. The lowest BCUT2D eigenvalue weighted by Crippen LogP contribution is -2.53. The number of imide groups is 2. The molecule has 3 aromatic rings. The van der Waals surface area contributed by atoms with Crippen LogP contribution in [0.5, 0.6) is 11.5 Å². The zero-order chi connectivity index (χ0) is 36.2. The zero-order valence-corrected chi connectivity index (χ0v) is 30.1. The molecule has 0 aromatic heterocycles. The van der Waals surface area contributed by atoms with Crippen LogP contribution in [0.1, 0.15) is 55.6 Å². The molecule has 10 nitrogen and oxygen atoms in total. The Labute approximate surface area is 308 Å². The zero-order valence-electron chi connectivity index (χ0n) is 27.8. The van der Waals surface area contributed by atoms with Crippen molar-refractivity contribution in [3.63, 3.8) is 0 Å². The number of hydrogen-bond acceptors (Lipinski definition) is 7. The lowest BCUT2D eigenvalue weighted by atomic mass is 9.49. The highest BCUT2D eigenvalue weighted by atomic mass is 79.9. The summed E-state index contributed by atoms with van der Waals surface area (Å²) in [5.41, 5.74) is 0.883. The number of unbranched alkanes of at least 4 members (excludes halogenated alkanes) is 2. The Balaban J connectivity index is 1.39. The number of carbonyl (C=O) groups is 5. The van der Waals surface area contributed by atoms with Gasteiger partial charge in [-0.15, -0.1) is 0 Å². The second-order valence-corrected chi connectivity index (χ2v) is 15.0. The highest BCUT2D eigenvalue weighted by Crippen LogP contribution is 2.65. The minimum absolute atomic E-state index is 0.0194. The summed E-state index contributed by atoms with van der Waals surface area (Å²) in [7, 11) is 1.43. The fourth-order valence-corrected chi connectivity index (χ4v) is 9.69. The fraction of sp³-hybridized carbons (Fsp3) is 0.359. The smallest absolute Gasteiger partial charge is 0.303 e. The van der Waals surface area contributed by atoms with Crippen LogP contribution in [-0.2, 0) is 29.4 Å². The van der Waals surface area contributed by atoms with Crippen LogP contribution in [0.4, 0.5) is 5.69 Å². The number of benzene rings is 3. The van der Waals surface area contributed by atoms with Crippen LogP contribution in [-0.4, -0.2) is 58.4 Å². The summed E-state index contributed by atoms with van der Waals surface area (Å²) in [6, 6.07) is 19.2. The van der Waals surface area contributed by atoms with Gasteiger partial charge >= 0.3 is 5.97 Å². The van der Waals surface area contributed by atoms with Crippen molar-refractivity contribution in [2.24, 2.45) is 23.7 Å². The van der Waals surface area contributed by atoms with E-state index in [2.05, 4.69) is 15.9 Å². The van der Waals surface area contributed by atoms with Crippen molar-refractivity contribution in [2.75, 3.05) is 18.6 Å². The number of carbonyl (C=O) groups excluding carboxylic acids is 4. The first-order valence-electron chi connectivity index (χ1n) is 17.0. The van der Waals surface area contributed by atoms with E-state index < -0.39 is 52.8 Å². The first-order chi connectivity index (χ1) is 24.5. The monoisotopic (exact) mass is 774 g/mol. The van der Waals surface area contributed by atoms with E-state index in [-0.39, 0.29) is 49.1 Å². The number of carboxylic acid groups (broad SMARTS) is 1. The van der Waals surface area contributed by atoms with E-state index >= 15 is 4.79 Å². The van der Waals surface area contributed by atoms with E-state index in [1.54, 1.807) is 36.4 Å². The van der Waals surface area contributed by atoms with Gasteiger partial charge in [-0.2, -0.15) is 0 Å². The van der Waals surface area contributed by atoms with Gasteiger partial charge < -0.3 is 14.9 Å². The standard InChI is InChI=1S/C39H36BrClN2O8/c1-51-30-18-21(17-29(40)34(30)46)33-25-14-15-26-32(37(49)42(35(26)47)16-7-3-6-13-31(44)45)27(25)20-28-36(48)43(24-12-8-11-23(41)19-24)38(50)39(28,33)22-9-4-2-5-10-22/h2,4-5,8-12,14,17-19,26-28,32-33,46H,3,6-7,13,15-16,20H2,1H3,(H,44,45)/t26-,27+,28-,32-,33-,39+/m0/s1. The molecule has 3 fully saturated rings. The molecule has 6 atom stereocenters. The molecule has 2 aliphatic heterocycles. The summed E-state index contributed by atoms with van der Waals surface area (Å²) < 4.78 is 5.89. The SMILES string of the molecule is COc1cc([C@H]2C3=CC[C@@H]4C(=O)N(CCCCCC(=O)O)C(=O)[C@@H]4[C@@H]3C[C@H]3C(=O)N(c4cccc(Cl)c4)C(=O)[C@@]23c2ccccc2)cc(Br)c1O. The summed E-state index contributed by atoms with van der Waals surface area (Å²) in [5.74, 6) is -5.89. The molecule has 2 saturated heterocycles. The number of phenolic OH excluding ortho intramolecular Hbond substituents is 1. The Morgan fingerprint density at radius 3 is 2.43 bits per heavy atom. The molecular weight excluding hydrogens is 740 g/mol. The van der Waals surface area contributed by atoms with E-state index in [4.69, 9.17) is 21.4 Å². The topological polar surface area (TPSA) is 142 Å². The third-order valence-corrected chi connectivity index (χ3v) is 12.0. The van der Waals surface area contributed by atoms with E-state index in [1.165, 1.54) is 16.9 Å². The number of rotatable bonds is 10. The molecule has 12 heteroatoms. The van der Waals surface area contributed by atoms with Crippen molar-refractivity contribution in [1.82, 2.24) is 4.90 Å². The molecule has 1 saturated carbocycles. The molecule has 0 radical (unpaired) electrons. The predicted octanol–water partition coefficient (Wildman–Crippen LogP) is 6.62. The van der Waals surface area contributed by atoms with E-state index in [0.29, 0.717) is 45.6 Å². The van der Waals surface area contributed by atoms with Crippen LogP contribution >= 0.6 is 27.5 Å². The maximum absolute atomic E-state index is 15.3. The molecule has 0 bridgehead atoms. The third-order valence-electron chi connectivity index (χ3n) is 11.1. The second-order valence-electron chi connectivity index (χ2n) is 13.7. The Kier molecular flexibility index (Phi) is 9.30. The molecule has 2 aliphatic carbocycles. The van der Waals surface area contributed by atoms with Crippen molar-refractivity contribution in [3.8, 4) is 11.5 Å². The fourth-order valence-electron chi connectivity index (χ4n) is 9.04. The van der Waals surface area contributed by atoms with E-state index in [9.17, 15) is 24.3 Å². The quantitative estimate of drug-likeness (QED) is 0.133. The summed E-state index contributed by atoms with van der Waals surface area (Å²) in [6.07, 6.45) is 3.92. The maximum Gasteiger partial charge on any atom is 0.303 e. The number of hydrogen-bond donors (Lipinski definition) is 2. The first kappa shape index (κ1) is 34.9. The number of allylic oxidation sites excluding steroid dienone is 2. The predicted molar refractivity (Wildman–Crippen MR) is 191 cm³/mol. The highest BCUT2D eigenvalue weighted by Gasteiger charge is 2.70. The third kappa shape index (κ3) is 5.56. The number of phenols is 1. The second kappa shape index (κ2) is 13.6. The first-order valence-corrected chi connectivity index (χ1v) is 18.2. The van der Waals surface area contributed by atoms with Gasteiger partial charge in [0.05, 0.1) is 40.4 Å². The normalized spacial score (nSPS) is 26.9. The molecule has 4 aliphatic rings. The number of anilines is 1. The van der Waals surface area contributed by atoms with Gasteiger partial charge in [-0.05, 0) is 89.0 Å². The number of aromatic hydroxyl groups is 1. The lowest BCUT2D eigenvalue weighted by molar-refractivity contribution is -0.141. The van der Waals surface area contributed by atoms with Gasteiger partial charge in [-0.25, -0.2) is 4.90 Å². The van der Waals surface area contributed by atoms with Crippen molar-refractivity contribution in [1.29, 1.82) is 0 Å². The molecule has 3 aromatic carbocycles. The number of amides is 4. The number of nitrogens with zero attached hydrogens (tertiary/aromatic N) is 2. The van der Waals surface area contributed by atoms with Crippen LogP contribution in [0, 0.1) is 23.7 Å². The number of ether oxygens (including phenoxy) is 1. The average Bonchev–Trinajstić information content (AvgIpc) is 3.49. The molecule has 4 amide bonds. The number of carboxylic acids is 1. The minimum Gasteiger partial charge on any atom is -0.503 e. The van der Waals surface area contributed by atoms with Gasteiger partial charge in [-0.3, -0.25) is 28.9 Å². The van der Waals surface area contributed by atoms with Crippen LogP contribution in [0.2, 0.25) is 5.02 Å². The number of halogens is 2. The van der Waals surface area contributed by atoms with Crippen LogP contribution < -0.4 is 9.64 Å². The number of fused-ring (bicyclic) bond motifs is 4. The Morgan fingerprint density at radius 2 is 1.73 bits per heavy atom. The summed E-state index contributed by atoms with van der Waals surface area (Å²) in [4.78, 5) is 71.8. The van der Waals surface area contributed by atoms with Crippen molar-refractivity contribution >= 4 is 62.8 Å². The maximum atomic E-state index is 15.3. The molecule has 0 spiro atoms. The van der Waals surface area contributed by atoms with Gasteiger partial charge in [0.15, 0.2) is 11.5 Å². The molecular formula is C39H36BrClN2O8. The Bertz CT molecular complexity index is 1980. The van der Waals surface area contributed by atoms with Crippen LogP contribution in [0.15, 0.2) is 82.9 Å².